The molecule has 0 fully saturated rings. The van der Waals surface area contributed by atoms with Crippen LogP contribution in [-0.2, 0) is 6.54 Å². The number of aryl methyl sites for hydroxylation is 1. The SMILES string of the molecule is C=CCN(CC)c1ncc(CNCC)c(C)n1. The Morgan fingerprint density at radius 2 is 2.24 bits per heavy atom. The lowest BCUT2D eigenvalue weighted by molar-refractivity contribution is 0.713. The molecular formula is C13H22N4. The van der Waals surface area contributed by atoms with E-state index in [1.165, 1.54) is 0 Å². The third kappa shape index (κ3) is 3.82. The Hall–Kier alpha value is -1.42. The van der Waals surface area contributed by atoms with Gasteiger partial charge in [-0.2, -0.15) is 0 Å². The Morgan fingerprint density at radius 3 is 2.76 bits per heavy atom. The summed E-state index contributed by atoms with van der Waals surface area (Å²) in [6.45, 7) is 13.4. The molecule has 0 aromatic carbocycles. The van der Waals surface area contributed by atoms with Gasteiger partial charge in [-0.25, -0.2) is 9.97 Å². The monoisotopic (exact) mass is 234 g/mol. The fourth-order valence-electron chi connectivity index (χ4n) is 1.57. The van der Waals surface area contributed by atoms with Gasteiger partial charge >= 0.3 is 0 Å². The number of hydrogen-bond donors (Lipinski definition) is 1. The number of aromatic nitrogens is 2. The van der Waals surface area contributed by atoms with Gasteiger partial charge in [0.15, 0.2) is 0 Å². The lowest BCUT2D eigenvalue weighted by Crippen LogP contribution is -2.25. The second kappa shape index (κ2) is 7.01. The summed E-state index contributed by atoms with van der Waals surface area (Å²) in [5.74, 6) is 0.783. The summed E-state index contributed by atoms with van der Waals surface area (Å²) < 4.78 is 0. The summed E-state index contributed by atoms with van der Waals surface area (Å²) in [6.07, 6.45) is 3.78. The summed E-state index contributed by atoms with van der Waals surface area (Å²) in [6, 6.07) is 0. The zero-order chi connectivity index (χ0) is 12.7. The Morgan fingerprint density at radius 1 is 1.47 bits per heavy atom. The van der Waals surface area contributed by atoms with Crippen LogP contribution < -0.4 is 10.2 Å². The molecule has 0 saturated carbocycles. The van der Waals surface area contributed by atoms with Crippen LogP contribution >= 0.6 is 0 Å². The topological polar surface area (TPSA) is 41.1 Å². The van der Waals surface area contributed by atoms with Crippen LogP contribution in [0.5, 0.6) is 0 Å². The van der Waals surface area contributed by atoms with Gasteiger partial charge in [-0.05, 0) is 20.4 Å². The number of nitrogens with one attached hydrogen (secondary N) is 1. The zero-order valence-corrected chi connectivity index (χ0v) is 11.0. The predicted molar refractivity (Wildman–Crippen MR) is 72.2 cm³/mol. The minimum Gasteiger partial charge on any atom is -0.337 e. The van der Waals surface area contributed by atoms with E-state index >= 15 is 0 Å². The molecule has 0 unspecified atom stereocenters. The molecule has 0 aliphatic rings. The molecule has 0 bridgehead atoms. The van der Waals surface area contributed by atoms with Crippen molar-refractivity contribution in [1.82, 2.24) is 15.3 Å². The number of anilines is 1. The van der Waals surface area contributed by atoms with Crippen molar-refractivity contribution in [1.29, 1.82) is 0 Å². The van der Waals surface area contributed by atoms with Gasteiger partial charge < -0.3 is 10.2 Å². The third-order valence-electron chi connectivity index (χ3n) is 2.65. The highest BCUT2D eigenvalue weighted by atomic mass is 15.2. The van der Waals surface area contributed by atoms with Gasteiger partial charge in [0.05, 0.1) is 0 Å². The minimum atomic E-state index is 0.780. The minimum absolute atomic E-state index is 0.780. The number of hydrogen-bond acceptors (Lipinski definition) is 4. The molecule has 4 nitrogen and oxygen atoms in total. The highest BCUT2D eigenvalue weighted by molar-refractivity contribution is 5.33. The van der Waals surface area contributed by atoms with Crippen molar-refractivity contribution in [3.63, 3.8) is 0 Å². The maximum Gasteiger partial charge on any atom is 0.225 e. The van der Waals surface area contributed by atoms with Gasteiger partial charge in [-0.15, -0.1) is 6.58 Å². The molecule has 1 N–H and O–H groups in total. The maximum absolute atomic E-state index is 4.54. The van der Waals surface area contributed by atoms with E-state index in [-0.39, 0.29) is 0 Å². The molecule has 1 aromatic rings. The van der Waals surface area contributed by atoms with Crippen molar-refractivity contribution in [3.05, 3.63) is 30.1 Å². The van der Waals surface area contributed by atoms with Crippen LogP contribution in [0.15, 0.2) is 18.9 Å². The summed E-state index contributed by atoms with van der Waals surface area (Å²) in [5.41, 5.74) is 2.20. The van der Waals surface area contributed by atoms with Crippen LogP contribution in [0, 0.1) is 6.92 Å². The molecule has 1 heterocycles. The van der Waals surface area contributed by atoms with Gasteiger partial charge in [0, 0.05) is 37.1 Å². The largest absolute Gasteiger partial charge is 0.337 e. The molecule has 0 amide bonds. The molecule has 1 aromatic heterocycles. The van der Waals surface area contributed by atoms with Gasteiger partial charge in [0.1, 0.15) is 0 Å². The molecule has 17 heavy (non-hydrogen) atoms. The average molecular weight is 234 g/mol. The lowest BCUT2D eigenvalue weighted by atomic mass is 10.2. The standard InChI is InChI=1S/C13H22N4/c1-5-8-17(7-3)13-15-10-12(9-14-6-2)11(4)16-13/h5,10,14H,1,6-9H2,2-4H3. The highest BCUT2D eigenvalue weighted by Gasteiger charge is 2.08. The Bertz CT molecular complexity index is 362. The zero-order valence-electron chi connectivity index (χ0n) is 11.0. The first-order valence-corrected chi connectivity index (χ1v) is 6.12. The molecule has 0 atom stereocenters. The number of nitrogens with zero attached hydrogens (tertiary/aromatic N) is 3. The Balaban J connectivity index is 2.82. The van der Waals surface area contributed by atoms with E-state index in [2.05, 4.69) is 40.6 Å². The molecule has 0 aliphatic carbocycles. The van der Waals surface area contributed by atoms with Crippen LogP contribution in [0.25, 0.3) is 0 Å². The van der Waals surface area contributed by atoms with Crippen molar-refractivity contribution < 1.29 is 0 Å². The van der Waals surface area contributed by atoms with Crippen molar-refractivity contribution in [2.24, 2.45) is 0 Å². The summed E-state index contributed by atoms with van der Waals surface area (Å²) in [4.78, 5) is 11.0. The maximum atomic E-state index is 4.54. The first-order valence-electron chi connectivity index (χ1n) is 6.12. The van der Waals surface area contributed by atoms with E-state index in [0.717, 1.165) is 43.4 Å². The van der Waals surface area contributed by atoms with Crippen LogP contribution in [0.2, 0.25) is 0 Å². The summed E-state index contributed by atoms with van der Waals surface area (Å²) in [7, 11) is 0. The van der Waals surface area contributed by atoms with E-state index in [1.54, 1.807) is 0 Å². The Kier molecular flexibility index (Phi) is 5.63. The lowest BCUT2D eigenvalue weighted by Gasteiger charge is -2.19. The van der Waals surface area contributed by atoms with Crippen molar-refractivity contribution >= 4 is 5.95 Å². The van der Waals surface area contributed by atoms with Gasteiger partial charge in [-0.3, -0.25) is 0 Å². The molecular weight excluding hydrogens is 212 g/mol. The highest BCUT2D eigenvalue weighted by Crippen LogP contribution is 2.11. The average Bonchev–Trinajstić information content (AvgIpc) is 2.34. The Labute approximate surface area is 104 Å². The smallest absolute Gasteiger partial charge is 0.225 e. The predicted octanol–water partition coefficient (Wildman–Crippen LogP) is 1.91. The van der Waals surface area contributed by atoms with Crippen molar-refractivity contribution in [2.45, 2.75) is 27.3 Å². The quantitative estimate of drug-likeness (QED) is 0.732. The second-order valence-corrected chi connectivity index (χ2v) is 3.89. The van der Waals surface area contributed by atoms with Crippen molar-refractivity contribution in [2.75, 3.05) is 24.5 Å². The van der Waals surface area contributed by atoms with E-state index in [1.807, 2.05) is 19.2 Å². The molecule has 0 saturated heterocycles. The van der Waals surface area contributed by atoms with Gasteiger partial charge in [0.25, 0.3) is 0 Å². The van der Waals surface area contributed by atoms with E-state index in [4.69, 9.17) is 0 Å². The third-order valence-corrected chi connectivity index (χ3v) is 2.65. The number of rotatable bonds is 7. The molecule has 94 valence electrons. The molecule has 4 heteroatoms. The van der Waals surface area contributed by atoms with E-state index < -0.39 is 0 Å². The van der Waals surface area contributed by atoms with E-state index in [0.29, 0.717) is 0 Å². The first kappa shape index (κ1) is 13.6. The van der Waals surface area contributed by atoms with Crippen molar-refractivity contribution in [3.8, 4) is 0 Å². The van der Waals surface area contributed by atoms with Crippen LogP contribution in [0.3, 0.4) is 0 Å². The summed E-state index contributed by atoms with van der Waals surface area (Å²) >= 11 is 0. The van der Waals surface area contributed by atoms with E-state index in [9.17, 15) is 0 Å². The second-order valence-electron chi connectivity index (χ2n) is 3.89. The van der Waals surface area contributed by atoms with Gasteiger partial charge in [0.2, 0.25) is 5.95 Å². The summed E-state index contributed by atoms with van der Waals surface area (Å²) in [5, 5.41) is 3.28. The fourth-order valence-corrected chi connectivity index (χ4v) is 1.57. The van der Waals surface area contributed by atoms with Crippen LogP contribution in [-0.4, -0.2) is 29.6 Å². The number of likely N-dealkylation sites (N-methyl/N-ethyl adjacent to an activating group) is 1. The van der Waals surface area contributed by atoms with Crippen LogP contribution in [0.1, 0.15) is 25.1 Å². The molecule has 0 aliphatic heterocycles. The van der Waals surface area contributed by atoms with Gasteiger partial charge in [-0.1, -0.05) is 13.0 Å². The molecule has 1 rings (SSSR count). The van der Waals surface area contributed by atoms with Crippen LogP contribution in [0.4, 0.5) is 5.95 Å². The molecule has 0 radical (unpaired) electrons. The molecule has 0 spiro atoms. The fraction of sp³-hybridized carbons (Fsp3) is 0.538. The first-order chi connectivity index (χ1) is 8.22. The normalized spacial score (nSPS) is 10.3.